The molecular weight excluding hydrogens is 107 g/mol. The lowest BCUT2D eigenvalue weighted by Gasteiger charge is -1.90. The highest BCUT2D eigenvalue weighted by Crippen LogP contribution is 1.98. The van der Waals surface area contributed by atoms with Crippen molar-refractivity contribution in [2.75, 3.05) is 0 Å². The molecule has 0 aromatic carbocycles. The van der Waals surface area contributed by atoms with Crippen LogP contribution in [0.5, 0.6) is 0 Å². The Kier molecular flexibility index (Phi) is 3.86. The molecule has 0 heterocycles. The molecule has 0 saturated heterocycles. The maximum absolute atomic E-state index is 3.65. The lowest BCUT2D eigenvalue weighted by molar-refractivity contribution is 1.47. The third-order valence-electron chi connectivity index (χ3n) is 1.23. The van der Waals surface area contributed by atoms with Gasteiger partial charge in [0.25, 0.3) is 0 Å². The van der Waals surface area contributed by atoms with Gasteiger partial charge in [0, 0.05) is 0 Å². The summed E-state index contributed by atoms with van der Waals surface area (Å²) in [5.74, 6) is 0. The zero-order valence-electron chi connectivity index (χ0n) is 6.44. The van der Waals surface area contributed by atoms with Gasteiger partial charge in [0.15, 0.2) is 0 Å². The van der Waals surface area contributed by atoms with Gasteiger partial charge in [-0.15, -0.1) is 0 Å². The third-order valence-corrected chi connectivity index (χ3v) is 1.23. The van der Waals surface area contributed by atoms with Crippen LogP contribution in [0.1, 0.15) is 13.8 Å². The van der Waals surface area contributed by atoms with Crippen LogP contribution in [0, 0.1) is 0 Å². The van der Waals surface area contributed by atoms with Crippen molar-refractivity contribution in [3.8, 4) is 0 Å². The smallest absolute Gasteiger partial charge is 0.0996 e. The van der Waals surface area contributed by atoms with Gasteiger partial charge in [0.05, 0.1) is 0 Å². The van der Waals surface area contributed by atoms with Crippen molar-refractivity contribution in [3.63, 3.8) is 0 Å². The van der Waals surface area contributed by atoms with Crippen LogP contribution in [-0.4, -0.2) is 7.85 Å². The minimum atomic E-state index is 1.21. The zero-order valence-corrected chi connectivity index (χ0v) is 6.44. The Hall–Kier alpha value is -0.715. The average Bonchev–Trinajstić information content (AvgIpc) is 1.87. The van der Waals surface area contributed by atoms with Crippen molar-refractivity contribution in [3.05, 3.63) is 35.9 Å². The molecule has 0 N–H and O–H groups in total. The highest BCUT2D eigenvalue weighted by atomic mass is 13.8. The molecule has 0 aliphatic heterocycles. The minimum absolute atomic E-state index is 1.21. The van der Waals surface area contributed by atoms with E-state index in [9.17, 15) is 0 Å². The molecule has 0 spiro atoms. The maximum Gasteiger partial charge on any atom is 0.139 e. The average molecular weight is 120 g/mol. The molecule has 0 bridgehead atoms. The fourth-order valence-corrected chi connectivity index (χ4v) is 0.501. The van der Waals surface area contributed by atoms with Crippen LogP contribution in [0.3, 0.4) is 0 Å². The number of hydrogen-bond acceptors (Lipinski definition) is 0. The van der Waals surface area contributed by atoms with Gasteiger partial charge in [-0.2, -0.15) is 0 Å². The Morgan fingerprint density at radius 2 is 2.11 bits per heavy atom. The number of hydrogen-bond donors (Lipinski definition) is 0. The second kappa shape index (κ2) is 4.19. The molecule has 0 nitrogen and oxygen atoms in total. The second-order valence-electron chi connectivity index (χ2n) is 2.13. The van der Waals surface area contributed by atoms with Gasteiger partial charge in [-0.1, -0.05) is 35.9 Å². The van der Waals surface area contributed by atoms with E-state index >= 15 is 0 Å². The van der Waals surface area contributed by atoms with Crippen LogP contribution >= 0.6 is 0 Å². The van der Waals surface area contributed by atoms with Gasteiger partial charge in [0.1, 0.15) is 7.85 Å². The normalized spacial score (nSPS) is 13.6. The first-order valence-corrected chi connectivity index (χ1v) is 3.14. The second-order valence-corrected chi connectivity index (χ2v) is 2.13. The van der Waals surface area contributed by atoms with Crippen molar-refractivity contribution in [1.82, 2.24) is 0 Å². The Balaban J connectivity index is 4.11. The topological polar surface area (TPSA) is 0 Å². The first-order chi connectivity index (χ1) is 4.20. The van der Waals surface area contributed by atoms with E-state index in [1.54, 1.807) is 0 Å². The SMILES string of the molecule is B/C(C=C)=C/C(C)=C\C. The fourth-order valence-electron chi connectivity index (χ4n) is 0.501. The summed E-state index contributed by atoms with van der Waals surface area (Å²) in [7, 11) is 2.04. The van der Waals surface area contributed by atoms with Crippen LogP contribution in [0.15, 0.2) is 35.9 Å². The lowest BCUT2D eigenvalue weighted by atomic mass is 9.94. The van der Waals surface area contributed by atoms with E-state index in [1.807, 2.05) is 20.8 Å². The van der Waals surface area contributed by atoms with Gasteiger partial charge in [-0.3, -0.25) is 0 Å². The maximum atomic E-state index is 3.65. The quantitative estimate of drug-likeness (QED) is 0.384. The summed E-state index contributed by atoms with van der Waals surface area (Å²) < 4.78 is 0. The first kappa shape index (κ1) is 8.28. The largest absolute Gasteiger partial charge is 0.139 e. The van der Waals surface area contributed by atoms with Gasteiger partial charge in [0.2, 0.25) is 0 Å². The van der Waals surface area contributed by atoms with Crippen LogP contribution in [-0.2, 0) is 0 Å². The molecule has 9 heavy (non-hydrogen) atoms. The Bertz CT molecular complexity index is 152. The van der Waals surface area contributed by atoms with E-state index in [0.29, 0.717) is 0 Å². The van der Waals surface area contributed by atoms with Crippen molar-refractivity contribution < 1.29 is 0 Å². The summed E-state index contributed by atoms with van der Waals surface area (Å²) >= 11 is 0. The van der Waals surface area contributed by atoms with Crippen LogP contribution < -0.4 is 0 Å². The molecule has 0 radical (unpaired) electrons. The molecule has 0 aliphatic carbocycles. The molecule has 48 valence electrons. The molecule has 0 aliphatic rings. The van der Waals surface area contributed by atoms with Gasteiger partial charge in [-0.05, 0) is 13.8 Å². The summed E-state index contributed by atoms with van der Waals surface area (Å²) in [4.78, 5) is 0. The van der Waals surface area contributed by atoms with Crippen LogP contribution in [0.25, 0.3) is 0 Å². The van der Waals surface area contributed by atoms with Crippen LogP contribution in [0.4, 0.5) is 0 Å². The van der Waals surface area contributed by atoms with Gasteiger partial charge >= 0.3 is 0 Å². The molecule has 0 aromatic heterocycles. The predicted molar refractivity (Wildman–Crippen MR) is 46.3 cm³/mol. The molecule has 0 amide bonds. The van der Waals surface area contributed by atoms with Crippen molar-refractivity contribution in [2.24, 2.45) is 0 Å². The molecule has 0 fully saturated rings. The summed E-state index contributed by atoms with van der Waals surface area (Å²) in [6, 6.07) is 0. The molecule has 0 unspecified atom stereocenters. The van der Waals surface area contributed by atoms with Crippen molar-refractivity contribution in [2.45, 2.75) is 13.8 Å². The zero-order chi connectivity index (χ0) is 7.28. The van der Waals surface area contributed by atoms with Gasteiger partial charge in [-0.25, -0.2) is 0 Å². The molecule has 0 aromatic rings. The van der Waals surface area contributed by atoms with E-state index in [4.69, 9.17) is 0 Å². The molecule has 1 heteroatoms. The van der Waals surface area contributed by atoms with E-state index < -0.39 is 0 Å². The molecule has 0 rings (SSSR count). The summed E-state index contributed by atoms with van der Waals surface area (Å²) in [6.07, 6.45) is 6.03. The lowest BCUT2D eigenvalue weighted by Crippen LogP contribution is -1.74. The van der Waals surface area contributed by atoms with Crippen molar-refractivity contribution in [1.29, 1.82) is 0 Å². The highest BCUT2D eigenvalue weighted by Gasteiger charge is 1.79. The Morgan fingerprint density at radius 3 is 2.44 bits per heavy atom. The number of allylic oxidation sites excluding steroid dienone is 5. The molecule has 0 saturated carbocycles. The van der Waals surface area contributed by atoms with E-state index in [2.05, 4.69) is 25.7 Å². The fraction of sp³-hybridized carbons (Fsp3) is 0.250. The van der Waals surface area contributed by atoms with E-state index in [1.165, 1.54) is 11.0 Å². The molecule has 0 atom stereocenters. The summed E-state index contributed by atoms with van der Waals surface area (Å²) in [5.41, 5.74) is 2.50. The highest BCUT2D eigenvalue weighted by molar-refractivity contribution is 6.23. The predicted octanol–water partition coefficient (Wildman–Crippen LogP) is 1.66. The standard InChI is InChI=1S/C8H13B/c1-4-7(3)6-8(9)5-2/h4-6H,2,9H2,1,3H3/b7-4-,8-6+. The first-order valence-electron chi connectivity index (χ1n) is 3.14. The van der Waals surface area contributed by atoms with Gasteiger partial charge < -0.3 is 0 Å². The monoisotopic (exact) mass is 120 g/mol. The number of rotatable bonds is 2. The third kappa shape index (κ3) is 3.83. The van der Waals surface area contributed by atoms with Crippen molar-refractivity contribution >= 4 is 7.85 Å². The molecular formula is C8H13B. The summed E-state index contributed by atoms with van der Waals surface area (Å²) in [5, 5.41) is 0. The summed E-state index contributed by atoms with van der Waals surface area (Å²) in [6.45, 7) is 7.76. The minimum Gasteiger partial charge on any atom is -0.0996 e. The van der Waals surface area contributed by atoms with E-state index in [0.717, 1.165) is 0 Å². The Morgan fingerprint density at radius 1 is 1.56 bits per heavy atom. The van der Waals surface area contributed by atoms with E-state index in [-0.39, 0.29) is 0 Å². The van der Waals surface area contributed by atoms with Crippen LogP contribution in [0.2, 0.25) is 0 Å². The Labute approximate surface area is 58.4 Å².